The largest absolute Gasteiger partial charge is 0.508 e. The van der Waals surface area contributed by atoms with Crippen molar-refractivity contribution >= 4 is 29.7 Å². The van der Waals surface area contributed by atoms with E-state index in [0.717, 1.165) is 18.1 Å². The predicted molar refractivity (Wildman–Crippen MR) is 160 cm³/mol. The number of hydrogen-bond acceptors (Lipinski definition) is 8. The molecule has 0 fully saturated rings. The molecule has 236 valence electrons. The van der Waals surface area contributed by atoms with Gasteiger partial charge in [0.1, 0.15) is 17.8 Å². The summed E-state index contributed by atoms with van der Waals surface area (Å²) in [6, 6.07) is 12.6. The van der Waals surface area contributed by atoms with E-state index in [-0.39, 0.29) is 31.6 Å². The number of benzene rings is 2. The molecule has 0 aliphatic heterocycles. The van der Waals surface area contributed by atoms with Crippen LogP contribution in [0.15, 0.2) is 54.6 Å². The number of nitrogens with one attached hydrogen (secondary N) is 2. The standard InChI is InChI=1S/C28H39N5O6.C2H4O2/c1-33(16-14-25(35)36)28(39)24(18-19-7-3-2-4-8-19)32-27(38)23(9-5-6-15-29)31-26(37)22(30)17-20-10-12-21(34)13-11-20;1-2(3)4/h2-4,7-8,10-13,22-24,34H,5-6,9,14-18,29-30H2,1H3,(H,31,37)(H,32,38)(H,35,36);1H3,(H,3,4)/t22-,23+,24-;/m0./s1. The molecule has 13 heteroatoms. The number of carboxylic acids is 2. The lowest BCUT2D eigenvalue weighted by atomic mass is 10.0. The van der Waals surface area contributed by atoms with Crippen LogP contribution in [0.25, 0.3) is 0 Å². The first-order valence-electron chi connectivity index (χ1n) is 13.9. The van der Waals surface area contributed by atoms with Crippen LogP contribution in [-0.2, 0) is 36.8 Å². The first kappa shape index (κ1) is 36.5. The molecule has 0 heterocycles. The fraction of sp³-hybridized carbons (Fsp3) is 0.433. The van der Waals surface area contributed by atoms with Crippen LogP contribution in [0, 0.1) is 0 Å². The number of likely N-dealkylation sites (N-methyl/N-ethyl adjacent to an activating group) is 1. The Morgan fingerprint density at radius 2 is 1.40 bits per heavy atom. The quantitative estimate of drug-likeness (QED) is 0.133. The van der Waals surface area contributed by atoms with Crippen LogP contribution >= 0.6 is 0 Å². The molecule has 2 rings (SSSR count). The summed E-state index contributed by atoms with van der Waals surface area (Å²) < 4.78 is 0. The average molecular weight is 602 g/mol. The number of aromatic hydroxyl groups is 1. The SMILES string of the molecule is CC(=O)O.CN(CCC(=O)O)C(=O)[C@H](Cc1ccccc1)NC(=O)[C@@H](CCCCN)NC(=O)[C@@H](N)Cc1ccc(O)cc1. The van der Waals surface area contributed by atoms with E-state index in [1.54, 1.807) is 12.1 Å². The Balaban J connectivity index is 0.00000217. The number of nitrogens with zero attached hydrogens (tertiary/aromatic N) is 1. The minimum absolute atomic E-state index is 0.0158. The first-order chi connectivity index (χ1) is 20.3. The van der Waals surface area contributed by atoms with Crippen LogP contribution in [0.3, 0.4) is 0 Å². The van der Waals surface area contributed by atoms with Gasteiger partial charge in [-0.2, -0.15) is 0 Å². The number of carbonyl (C=O) groups excluding carboxylic acids is 3. The Hall–Kier alpha value is -4.49. The highest BCUT2D eigenvalue weighted by Crippen LogP contribution is 2.12. The molecule has 0 unspecified atom stereocenters. The van der Waals surface area contributed by atoms with E-state index >= 15 is 0 Å². The molecule has 0 aliphatic carbocycles. The van der Waals surface area contributed by atoms with Gasteiger partial charge >= 0.3 is 5.97 Å². The van der Waals surface area contributed by atoms with Crippen molar-refractivity contribution in [3.05, 3.63) is 65.7 Å². The van der Waals surface area contributed by atoms with E-state index in [2.05, 4.69) is 10.6 Å². The molecule has 0 spiro atoms. The summed E-state index contributed by atoms with van der Waals surface area (Å²) in [7, 11) is 1.48. The van der Waals surface area contributed by atoms with Crippen molar-refractivity contribution in [2.75, 3.05) is 20.1 Å². The van der Waals surface area contributed by atoms with Gasteiger partial charge in [-0.05, 0) is 55.5 Å². The van der Waals surface area contributed by atoms with Crippen molar-refractivity contribution in [3.63, 3.8) is 0 Å². The van der Waals surface area contributed by atoms with Crippen molar-refractivity contribution in [1.29, 1.82) is 0 Å². The van der Waals surface area contributed by atoms with E-state index in [9.17, 15) is 24.3 Å². The van der Waals surface area contributed by atoms with Crippen LogP contribution in [0.4, 0.5) is 0 Å². The van der Waals surface area contributed by atoms with Crippen molar-refractivity contribution in [2.45, 2.75) is 63.6 Å². The number of phenols is 1. The van der Waals surface area contributed by atoms with Gasteiger partial charge in [-0.15, -0.1) is 0 Å². The van der Waals surface area contributed by atoms with E-state index in [4.69, 9.17) is 26.5 Å². The minimum atomic E-state index is -1.04. The lowest BCUT2D eigenvalue weighted by Crippen LogP contribution is -2.56. The number of carboxylic acid groups (broad SMARTS) is 2. The Bertz CT molecular complexity index is 1170. The van der Waals surface area contributed by atoms with Gasteiger partial charge < -0.3 is 42.3 Å². The lowest BCUT2D eigenvalue weighted by molar-refractivity contribution is -0.140. The zero-order valence-electron chi connectivity index (χ0n) is 24.6. The number of carbonyl (C=O) groups is 5. The summed E-state index contributed by atoms with van der Waals surface area (Å²) >= 11 is 0. The van der Waals surface area contributed by atoms with Crippen molar-refractivity contribution in [3.8, 4) is 5.75 Å². The van der Waals surface area contributed by atoms with E-state index in [1.165, 1.54) is 24.1 Å². The number of nitrogens with two attached hydrogens (primary N) is 2. The maximum atomic E-state index is 13.4. The molecule has 43 heavy (non-hydrogen) atoms. The van der Waals surface area contributed by atoms with Gasteiger partial charge in [0.25, 0.3) is 5.97 Å². The minimum Gasteiger partial charge on any atom is -0.508 e. The second kappa shape index (κ2) is 19.6. The Morgan fingerprint density at radius 3 is 1.95 bits per heavy atom. The molecule has 0 saturated carbocycles. The number of phenolic OH excluding ortho intramolecular Hbond substituents is 1. The molecule has 9 N–H and O–H groups in total. The number of hydrogen-bond donors (Lipinski definition) is 7. The third-order valence-corrected chi connectivity index (χ3v) is 6.24. The number of rotatable bonds is 16. The van der Waals surface area contributed by atoms with Gasteiger partial charge in [0.15, 0.2) is 0 Å². The molecular weight excluding hydrogens is 558 g/mol. The highest BCUT2D eigenvalue weighted by Gasteiger charge is 2.29. The summed E-state index contributed by atoms with van der Waals surface area (Å²) in [6.45, 7) is 1.49. The predicted octanol–water partition coefficient (Wildman–Crippen LogP) is 0.627. The normalized spacial score (nSPS) is 12.5. The smallest absolute Gasteiger partial charge is 0.305 e. The monoisotopic (exact) mass is 601 g/mol. The van der Waals surface area contributed by atoms with Gasteiger partial charge in [-0.25, -0.2) is 0 Å². The topological polar surface area (TPSA) is 225 Å². The third-order valence-electron chi connectivity index (χ3n) is 6.24. The molecule has 0 radical (unpaired) electrons. The first-order valence-corrected chi connectivity index (χ1v) is 13.9. The Morgan fingerprint density at radius 1 is 0.837 bits per heavy atom. The third kappa shape index (κ3) is 15.3. The maximum absolute atomic E-state index is 13.4. The van der Waals surface area contributed by atoms with Crippen LogP contribution in [0.2, 0.25) is 0 Å². The van der Waals surface area contributed by atoms with Crippen LogP contribution in [0.5, 0.6) is 5.75 Å². The number of aliphatic carboxylic acids is 2. The van der Waals surface area contributed by atoms with Crippen molar-refractivity contribution in [2.24, 2.45) is 11.5 Å². The fourth-order valence-electron chi connectivity index (χ4n) is 3.98. The summed E-state index contributed by atoms with van der Waals surface area (Å²) in [6.07, 6.45) is 1.66. The molecule has 0 aromatic heterocycles. The van der Waals surface area contributed by atoms with Gasteiger partial charge in [0, 0.05) is 26.9 Å². The number of amides is 3. The molecule has 0 saturated heterocycles. The molecular formula is C30H43N5O8. The molecule has 0 aliphatic rings. The Kier molecular flexibility index (Phi) is 16.7. The van der Waals surface area contributed by atoms with E-state index in [1.807, 2.05) is 30.3 Å². The molecule has 0 bridgehead atoms. The fourth-order valence-corrected chi connectivity index (χ4v) is 3.98. The molecule has 3 atom stereocenters. The highest BCUT2D eigenvalue weighted by molar-refractivity contribution is 5.93. The molecule has 2 aromatic carbocycles. The zero-order valence-corrected chi connectivity index (χ0v) is 24.6. The van der Waals surface area contributed by atoms with E-state index < -0.39 is 47.8 Å². The lowest BCUT2D eigenvalue weighted by Gasteiger charge is -2.27. The average Bonchev–Trinajstić information content (AvgIpc) is 2.96. The van der Waals surface area contributed by atoms with Gasteiger partial charge in [-0.3, -0.25) is 24.0 Å². The van der Waals surface area contributed by atoms with Crippen molar-refractivity contribution in [1.82, 2.24) is 15.5 Å². The van der Waals surface area contributed by atoms with Crippen LogP contribution in [0.1, 0.15) is 43.7 Å². The van der Waals surface area contributed by atoms with Gasteiger partial charge in [-0.1, -0.05) is 42.5 Å². The molecule has 2 aromatic rings. The second-order valence-corrected chi connectivity index (χ2v) is 10.00. The van der Waals surface area contributed by atoms with E-state index in [0.29, 0.717) is 25.8 Å². The van der Waals surface area contributed by atoms with Crippen LogP contribution < -0.4 is 22.1 Å². The number of unbranched alkanes of at least 4 members (excludes halogenated alkanes) is 1. The zero-order chi connectivity index (χ0) is 32.4. The molecule has 13 nitrogen and oxygen atoms in total. The summed E-state index contributed by atoms with van der Waals surface area (Å²) in [4.78, 5) is 60.8. The Labute approximate surface area is 251 Å². The highest BCUT2D eigenvalue weighted by atomic mass is 16.4. The van der Waals surface area contributed by atoms with Crippen molar-refractivity contribution < 1.29 is 39.3 Å². The van der Waals surface area contributed by atoms with Gasteiger partial charge in [0.2, 0.25) is 17.7 Å². The molecule has 3 amide bonds. The maximum Gasteiger partial charge on any atom is 0.305 e. The van der Waals surface area contributed by atoms with Crippen LogP contribution in [-0.4, -0.2) is 88.1 Å². The summed E-state index contributed by atoms with van der Waals surface area (Å²) in [5, 5.41) is 31.4. The second-order valence-electron chi connectivity index (χ2n) is 10.00. The van der Waals surface area contributed by atoms with Gasteiger partial charge in [0.05, 0.1) is 12.5 Å². The summed E-state index contributed by atoms with van der Waals surface area (Å²) in [5.41, 5.74) is 13.3. The summed E-state index contributed by atoms with van der Waals surface area (Å²) in [5.74, 6) is -3.28.